The smallest absolute Gasteiger partial charge is 0.337 e. The number of likely N-dealkylation sites (tertiary alicyclic amines) is 1. The number of ether oxygens (including phenoxy) is 1. The topological polar surface area (TPSA) is 102 Å². The quantitative estimate of drug-likeness (QED) is 0.536. The van der Waals surface area contributed by atoms with Crippen molar-refractivity contribution in [3.63, 3.8) is 0 Å². The van der Waals surface area contributed by atoms with Gasteiger partial charge in [-0.1, -0.05) is 37.3 Å². The summed E-state index contributed by atoms with van der Waals surface area (Å²) in [5.41, 5.74) is 7.23. The summed E-state index contributed by atoms with van der Waals surface area (Å²) < 4.78 is 19.4. The number of hydrogen-bond donors (Lipinski definition) is 2. The van der Waals surface area contributed by atoms with E-state index in [-0.39, 0.29) is 35.0 Å². The van der Waals surface area contributed by atoms with E-state index < -0.39 is 23.7 Å². The second kappa shape index (κ2) is 11.9. The Balaban J connectivity index is 1.55. The van der Waals surface area contributed by atoms with Gasteiger partial charge in [0.15, 0.2) is 0 Å². The van der Waals surface area contributed by atoms with Gasteiger partial charge in [-0.05, 0) is 68.2 Å². The summed E-state index contributed by atoms with van der Waals surface area (Å²) in [5, 5.41) is 2.68. The van der Waals surface area contributed by atoms with Gasteiger partial charge >= 0.3 is 5.97 Å². The maximum absolute atomic E-state index is 14.8. The van der Waals surface area contributed by atoms with Gasteiger partial charge in [-0.2, -0.15) is 0 Å². The number of nitrogens with two attached hydrogens (primary N) is 1. The molecule has 1 aliphatic carbocycles. The lowest BCUT2D eigenvalue weighted by molar-refractivity contribution is -0.141. The van der Waals surface area contributed by atoms with Crippen LogP contribution in [0.3, 0.4) is 0 Å². The van der Waals surface area contributed by atoms with Crippen molar-refractivity contribution in [1.82, 2.24) is 4.90 Å². The standard InChI is InChI=1S/C29H36FN3O4/c1-3-24(31)19-9-11-20(12-10-19)28(35)33-16-15-22(18-7-5-4-6-8-18)26(33)27(34)32-25-14-13-21(17-23(25)30)29(36)37-2/h4-8,13-14,17,19-20,22,24,26H,3,9-12,15-16,31H2,1-2H3,(H,32,34)/t19?,20?,22-,24?,26+/m1/s1. The number of carbonyl (C=O) groups excluding carboxylic acids is 3. The van der Waals surface area contributed by atoms with E-state index in [4.69, 9.17) is 5.73 Å². The molecular weight excluding hydrogens is 473 g/mol. The third-order valence-electron chi connectivity index (χ3n) is 8.02. The number of nitrogens with zero attached hydrogens (tertiary/aromatic N) is 1. The number of halogens is 1. The van der Waals surface area contributed by atoms with Gasteiger partial charge in [-0.25, -0.2) is 9.18 Å². The number of hydrogen-bond acceptors (Lipinski definition) is 5. The van der Waals surface area contributed by atoms with Crippen LogP contribution in [0.1, 0.15) is 67.3 Å². The molecule has 198 valence electrons. The summed E-state index contributed by atoms with van der Waals surface area (Å²) in [6, 6.07) is 12.8. The van der Waals surface area contributed by atoms with E-state index in [0.717, 1.165) is 43.7 Å². The zero-order valence-corrected chi connectivity index (χ0v) is 21.5. The van der Waals surface area contributed by atoms with Crippen LogP contribution in [0.2, 0.25) is 0 Å². The van der Waals surface area contributed by atoms with Crippen LogP contribution >= 0.6 is 0 Å². The van der Waals surface area contributed by atoms with Crippen molar-refractivity contribution in [2.24, 2.45) is 17.6 Å². The van der Waals surface area contributed by atoms with Crippen molar-refractivity contribution in [2.75, 3.05) is 19.0 Å². The summed E-state index contributed by atoms with van der Waals surface area (Å²) >= 11 is 0. The summed E-state index contributed by atoms with van der Waals surface area (Å²) in [5.74, 6) is -1.76. The molecule has 8 heteroatoms. The van der Waals surface area contributed by atoms with Crippen molar-refractivity contribution in [1.29, 1.82) is 0 Å². The third kappa shape index (κ3) is 5.85. The Morgan fingerprint density at radius 1 is 1.08 bits per heavy atom. The molecule has 1 unspecified atom stereocenters. The molecule has 2 aliphatic rings. The van der Waals surface area contributed by atoms with Gasteiger partial charge in [0.05, 0.1) is 18.4 Å². The first kappa shape index (κ1) is 26.8. The van der Waals surface area contributed by atoms with Crippen LogP contribution in [0.15, 0.2) is 48.5 Å². The number of methoxy groups -OCH3 is 1. The Kier molecular flexibility index (Phi) is 8.59. The highest BCUT2D eigenvalue weighted by Crippen LogP contribution is 2.38. The van der Waals surface area contributed by atoms with Crippen LogP contribution in [0.25, 0.3) is 0 Å². The zero-order valence-electron chi connectivity index (χ0n) is 21.5. The van der Waals surface area contributed by atoms with Crippen molar-refractivity contribution in [3.05, 3.63) is 65.5 Å². The molecule has 0 bridgehead atoms. The number of nitrogens with one attached hydrogen (secondary N) is 1. The lowest BCUT2D eigenvalue weighted by Crippen LogP contribution is -2.48. The molecule has 2 aromatic rings. The van der Waals surface area contributed by atoms with E-state index in [1.807, 2.05) is 30.3 Å². The number of carbonyl (C=O) groups is 3. The first-order valence-corrected chi connectivity index (χ1v) is 13.1. The first-order chi connectivity index (χ1) is 17.8. The molecule has 3 N–H and O–H groups in total. The maximum Gasteiger partial charge on any atom is 0.337 e. The summed E-state index contributed by atoms with van der Waals surface area (Å²) in [6.45, 7) is 2.56. The molecule has 2 fully saturated rings. The summed E-state index contributed by atoms with van der Waals surface area (Å²) in [7, 11) is 1.22. The Bertz CT molecular complexity index is 1120. The number of benzene rings is 2. The van der Waals surface area contributed by atoms with Crippen LogP contribution < -0.4 is 11.1 Å². The molecule has 37 heavy (non-hydrogen) atoms. The average molecular weight is 510 g/mol. The number of rotatable bonds is 7. The van der Waals surface area contributed by atoms with Gasteiger partial charge in [0.2, 0.25) is 11.8 Å². The fourth-order valence-electron chi connectivity index (χ4n) is 5.84. The third-order valence-corrected chi connectivity index (χ3v) is 8.02. The molecule has 0 spiro atoms. The van der Waals surface area contributed by atoms with E-state index in [1.165, 1.54) is 19.2 Å². The van der Waals surface area contributed by atoms with Crippen LogP contribution in [0.5, 0.6) is 0 Å². The molecular formula is C29H36FN3O4. The maximum atomic E-state index is 14.8. The highest BCUT2D eigenvalue weighted by atomic mass is 19.1. The molecule has 0 radical (unpaired) electrons. The van der Waals surface area contributed by atoms with Crippen LogP contribution in [0, 0.1) is 17.7 Å². The fraction of sp³-hybridized carbons (Fsp3) is 0.483. The second-order valence-corrected chi connectivity index (χ2v) is 10.1. The van der Waals surface area contributed by atoms with Crippen molar-refractivity contribution >= 4 is 23.5 Å². The van der Waals surface area contributed by atoms with E-state index >= 15 is 0 Å². The molecule has 3 atom stereocenters. The van der Waals surface area contributed by atoms with E-state index in [2.05, 4.69) is 17.0 Å². The number of esters is 1. The van der Waals surface area contributed by atoms with Crippen LogP contribution in [0.4, 0.5) is 10.1 Å². The number of anilines is 1. The zero-order chi connectivity index (χ0) is 26.5. The molecule has 2 amide bonds. The van der Waals surface area contributed by atoms with Crippen molar-refractivity contribution in [3.8, 4) is 0 Å². The van der Waals surface area contributed by atoms with Gasteiger partial charge in [-0.15, -0.1) is 0 Å². The number of amides is 2. The van der Waals surface area contributed by atoms with Crippen LogP contribution in [-0.4, -0.2) is 48.4 Å². The Hall–Kier alpha value is -3.26. The fourth-order valence-corrected chi connectivity index (χ4v) is 5.84. The molecule has 4 rings (SSSR count). The van der Waals surface area contributed by atoms with Gasteiger partial charge in [-0.3, -0.25) is 9.59 Å². The molecule has 7 nitrogen and oxygen atoms in total. The molecule has 0 aromatic heterocycles. The van der Waals surface area contributed by atoms with E-state index in [0.29, 0.717) is 18.9 Å². The van der Waals surface area contributed by atoms with Gasteiger partial charge in [0.25, 0.3) is 0 Å². The summed E-state index contributed by atoms with van der Waals surface area (Å²) in [6.07, 6.45) is 4.93. The molecule has 1 aliphatic heterocycles. The lowest BCUT2D eigenvalue weighted by Gasteiger charge is -2.35. The van der Waals surface area contributed by atoms with E-state index in [1.54, 1.807) is 4.90 Å². The minimum absolute atomic E-state index is 0.0105. The van der Waals surface area contributed by atoms with Gasteiger partial charge in [0, 0.05) is 24.4 Å². The Labute approximate surface area is 217 Å². The minimum Gasteiger partial charge on any atom is -0.465 e. The van der Waals surface area contributed by atoms with Gasteiger partial charge in [0.1, 0.15) is 11.9 Å². The first-order valence-electron chi connectivity index (χ1n) is 13.1. The summed E-state index contributed by atoms with van der Waals surface area (Å²) in [4.78, 5) is 40.7. The predicted octanol–water partition coefficient (Wildman–Crippen LogP) is 4.48. The largest absolute Gasteiger partial charge is 0.465 e. The minimum atomic E-state index is -0.759. The van der Waals surface area contributed by atoms with E-state index in [9.17, 15) is 18.8 Å². The molecule has 2 aromatic carbocycles. The van der Waals surface area contributed by atoms with Crippen LogP contribution in [-0.2, 0) is 14.3 Å². The molecule has 1 saturated carbocycles. The van der Waals surface area contributed by atoms with Crippen molar-refractivity contribution in [2.45, 2.75) is 63.5 Å². The predicted molar refractivity (Wildman–Crippen MR) is 139 cm³/mol. The normalized spacial score (nSPS) is 24.4. The highest BCUT2D eigenvalue weighted by molar-refractivity contribution is 5.99. The second-order valence-electron chi connectivity index (χ2n) is 10.1. The Morgan fingerprint density at radius 2 is 1.78 bits per heavy atom. The lowest BCUT2D eigenvalue weighted by atomic mass is 9.77. The van der Waals surface area contributed by atoms with Crippen molar-refractivity contribution < 1.29 is 23.5 Å². The molecule has 1 saturated heterocycles. The SMILES string of the molecule is CCC(N)C1CCC(C(=O)N2CC[C@H](c3ccccc3)[C@H]2C(=O)Nc2ccc(C(=O)OC)cc2F)CC1. The highest BCUT2D eigenvalue weighted by Gasteiger charge is 2.44. The van der Waals surface area contributed by atoms with Gasteiger partial charge < -0.3 is 20.7 Å². The average Bonchev–Trinajstić information content (AvgIpc) is 3.39. The monoisotopic (exact) mass is 509 g/mol. The Morgan fingerprint density at radius 3 is 2.41 bits per heavy atom. The molecule has 1 heterocycles.